The Morgan fingerprint density at radius 2 is 2.09 bits per heavy atom. The second-order valence-electron chi connectivity index (χ2n) is 5.29. The largest absolute Gasteiger partial charge is 0.355 e. The molecule has 122 valence electrons. The normalized spacial score (nSPS) is 13.9. The molecule has 0 aliphatic heterocycles. The summed E-state index contributed by atoms with van der Waals surface area (Å²) in [5, 5.41) is 15.3. The first-order chi connectivity index (χ1) is 11.3. The highest BCUT2D eigenvalue weighted by molar-refractivity contribution is 7.99. The predicted octanol–water partition coefficient (Wildman–Crippen LogP) is 2.40. The predicted molar refractivity (Wildman–Crippen MR) is 91.6 cm³/mol. The highest BCUT2D eigenvalue weighted by Crippen LogP contribution is 2.36. The Morgan fingerprint density at radius 3 is 2.87 bits per heavy atom. The van der Waals surface area contributed by atoms with Gasteiger partial charge in [-0.2, -0.15) is 0 Å². The third-order valence-electron chi connectivity index (χ3n) is 3.34. The van der Waals surface area contributed by atoms with Crippen LogP contribution in [0.3, 0.4) is 0 Å². The molecule has 1 fully saturated rings. The van der Waals surface area contributed by atoms with Gasteiger partial charge in [-0.25, -0.2) is 4.68 Å². The summed E-state index contributed by atoms with van der Waals surface area (Å²) in [6.45, 7) is 0.701. The van der Waals surface area contributed by atoms with Crippen LogP contribution < -0.4 is 5.32 Å². The Hall–Kier alpha value is -1.54. The van der Waals surface area contributed by atoms with E-state index in [2.05, 4.69) is 33.0 Å². The molecule has 0 radical (unpaired) electrons. The van der Waals surface area contributed by atoms with Gasteiger partial charge < -0.3 is 5.32 Å². The summed E-state index contributed by atoms with van der Waals surface area (Å²) >= 11 is 3.21. The number of thioether (sulfide) groups is 2. The molecule has 0 atom stereocenters. The minimum Gasteiger partial charge on any atom is -0.355 e. The third kappa shape index (κ3) is 5.24. The molecule has 2 aromatic rings. The number of hydrogen-bond acceptors (Lipinski definition) is 6. The van der Waals surface area contributed by atoms with Gasteiger partial charge in [-0.05, 0) is 47.6 Å². The summed E-state index contributed by atoms with van der Waals surface area (Å²) in [6, 6.07) is 10.7. The molecule has 1 aromatic carbocycles. The number of carbonyl (C=O) groups is 1. The number of carbonyl (C=O) groups excluding carboxylic acids is 1. The quantitative estimate of drug-likeness (QED) is 0.554. The van der Waals surface area contributed by atoms with Crippen LogP contribution in [-0.4, -0.2) is 44.2 Å². The van der Waals surface area contributed by atoms with Crippen LogP contribution in [0.1, 0.15) is 25.3 Å². The van der Waals surface area contributed by atoms with Gasteiger partial charge in [-0.3, -0.25) is 4.79 Å². The Labute approximate surface area is 143 Å². The van der Waals surface area contributed by atoms with Gasteiger partial charge in [-0.15, -0.1) is 16.9 Å². The van der Waals surface area contributed by atoms with E-state index in [9.17, 15) is 4.79 Å². The molecule has 6 nitrogen and oxygen atoms in total. The maximum Gasteiger partial charge on any atom is 0.230 e. The molecular formula is C15H19N5OS2. The minimum absolute atomic E-state index is 0.0325. The molecule has 1 aromatic heterocycles. The minimum atomic E-state index is 0.0325. The van der Waals surface area contributed by atoms with Crippen molar-refractivity contribution in [2.45, 2.75) is 35.4 Å². The molecule has 0 saturated heterocycles. The van der Waals surface area contributed by atoms with Crippen molar-refractivity contribution in [2.75, 3.05) is 18.1 Å². The Kier molecular flexibility index (Phi) is 5.93. The average molecular weight is 349 g/mol. The van der Waals surface area contributed by atoms with E-state index >= 15 is 0 Å². The number of nitrogens with one attached hydrogen (secondary N) is 1. The van der Waals surface area contributed by atoms with Gasteiger partial charge in [0.1, 0.15) is 0 Å². The van der Waals surface area contributed by atoms with Crippen LogP contribution in [0.4, 0.5) is 0 Å². The van der Waals surface area contributed by atoms with Crippen LogP contribution in [-0.2, 0) is 4.79 Å². The van der Waals surface area contributed by atoms with Gasteiger partial charge in [0.25, 0.3) is 0 Å². The van der Waals surface area contributed by atoms with Crippen molar-refractivity contribution in [3.8, 4) is 0 Å². The lowest BCUT2D eigenvalue weighted by molar-refractivity contribution is -0.118. The van der Waals surface area contributed by atoms with Gasteiger partial charge >= 0.3 is 0 Å². The van der Waals surface area contributed by atoms with Crippen LogP contribution in [0.2, 0.25) is 0 Å². The van der Waals surface area contributed by atoms with Crippen molar-refractivity contribution >= 4 is 29.4 Å². The second-order valence-corrected chi connectivity index (χ2v) is 7.40. The fraction of sp³-hybridized carbons (Fsp3) is 0.467. The van der Waals surface area contributed by atoms with Gasteiger partial charge in [0.2, 0.25) is 11.1 Å². The summed E-state index contributed by atoms with van der Waals surface area (Å²) in [7, 11) is 0. The Morgan fingerprint density at radius 1 is 1.26 bits per heavy atom. The lowest BCUT2D eigenvalue weighted by atomic mass is 10.4. The van der Waals surface area contributed by atoms with Gasteiger partial charge in [0.05, 0.1) is 11.8 Å². The summed E-state index contributed by atoms with van der Waals surface area (Å²) in [4.78, 5) is 13.1. The third-order valence-corrected chi connectivity index (χ3v) is 5.37. The SMILES string of the molecule is O=C(CSc1nnnn1C1CC1)NCCCSc1ccccc1. The fourth-order valence-electron chi connectivity index (χ4n) is 2.02. The second kappa shape index (κ2) is 8.35. The van der Waals surface area contributed by atoms with Crippen molar-refractivity contribution in [1.29, 1.82) is 0 Å². The fourth-order valence-corrected chi connectivity index (χ4v) is 3.66. The lowest BCUT2D eigenvalue weighted by Gasteiger charge is -2.05. The van der Waals surface area contributed by atoms with E-state index in [1.165, 1.54) is 16.7 Å². The molecule has 1 aliphatic carbocycles. The molecule has 1 amide bonds. The first kappa shape index (κ1) is 16.3. The van der Waals surface area contributed by atoms with Gasteiger partial charge in [0, 0.05) is 11.4 Å². The molecule has 1 aliphatic rings. The molecule has 8 heteroatoms. The van der Waals surface area contributed by atoms with Gasteiger partial charge in [0.15, 0.2) is 0 Å². The number of nitrogens with zero attached hydrogens (tertiary/aromatic N) is 4. The van der Waals surface area contributed by atoms with Crippen molar-refractivity contribution in [3.05, 3.63) is 30.3 Å². The maximum absolute atomic E-state index is 11.9. The monoisotopic (exact) mass is 349 g/mol. The molecule has 0 spiro atoms. The van der Waals surface area contributed by atoms with E-state index in [0.717, 1.165) is 30.2 Å². The van der Waals surface area contributed by atoms with E-state index in [4.69, 9.17) is 0 Å². The summed E-state index contributed by atoms with van der Waals surface area (Å²) in [6.07, 6.45) is 3.21. The van der Waals surface area contributed by atoms with Crippen LogP contribution in [0, 0.1) is 0 Å². The Balaban J connectivity index is 1.28. The average Bonchev–Trinajstić information content (AvgIpc) is 3.32. The van der Waals surface area contributed by atoms with Crippen LogP contribution >= 0.6 is 23.5 Å². The van der Waals surface area contributed by atoms with Crippen molar-refractivity contribution in [2.24, 2.45) is 0 Å². The molecule has 0 bridgehead atoms. The molecule has 1 heterocycles. The van der Waals surface area contributed by atoms with Crippen LogP contribution in [0.15, 0.2) is 40.4 Å². The highest BCUT2D eigenvalue weighted by atomic mass is 32.2. The molecule has 1 saturated carbocycles. The number of benzene rings is 1. The zero-order chi connectivity index (χ0) is 15.9. The molecule has 0 unspecified atom stereocenters. The zero-order valence-electron chi connectivity index (χ0n) is 12.7. The van der Waals surface area contributed by atoms with E-state index in [1.807, 2.05) is 34.6 Å². The molecule has 1 N–H and O–H groups in total. The number of amides is 1. The van der Waals surface area contributed by atoms with Crippen molar-refractivity contribution in [1.82, 2.24) is 25.5 Å². The maximum atomic E-state index is 11.9. The smallest absolute Gasteiger partial charge is 0.230 e. The van der Waals surface area contributed by atoms with E-state index in [0.29, 0.717) is 18.3 Å². The van der Waals surface area contributed by atoms with Crippen molar-refractivity contribution in [3.63, 3.8) is 0 Å². The Bertz CT molecular complexity index is 630. The molecular weight excluding hydrogens is 330 g/mol. The van der Waals surface area contributed by atoms with E-state index < -0.39 is 0 Å². The number of rotatable bonds is 9. The van der Waals surface area contributed by atoms with Crippen molar-refractivity contribution < 1.29 is 4.79 Å². The number of aromatic nitrogens is 4. The van der Waals surface area contributed by atoms with E-state index in [1.54, 1.807) is 0 Å². The number of tetrazole rings is 1. The zero-order valence-corrected chi connectivity index (χ0v) is 14.4. The van der Waals surface area contributed by atoms with Crippen LogP contribution in [0.5, 0.6) is 0 Å². The first-order valence-corrected chi connectivity index (χ1v) is 9.65. The summed E-state index contributed by atoms with van der Waals surface area (Å²) < 4.78 is 1.83. The topological polar surface area (TPSA) is 72.7 Å². The van der Waals surface area contributed by atoms with Gasteiger partial charge in [-0.1, -0.05) is 30.0 Å². The lowest BCUT2D eigenvalue weighted by Crippen LogP contribution is -2.26. The van der Waals surface area contributed by atoms with Crippen LogP contribution in [0.25, 0.3) is 0 Å². The molecule has 3 rings (SSSR count). The highest BCUT2D eigenvalue weighted by Gasteiger charge is 2.28. The molecule has 23 heavy (non-hydrogen) atoms. The summed E-state index contributed by atoms with van der Waals surface area (Å²) in [5.41, 5.74) is 0. The van der Waals surface area contributed by atoms with E-state index in [-0.39, 0.29) is 5.91 Å². The standard InChI is InChI=1S/C15H19N5OS2/c21-14(11-23-15-17-18-19-20(15)12-7-8-12)16-9-4-10-22-13-5-2-1-3-6-13/h1-3,5-6,12H,4,7-11H2,(H,16,21). The number of hydrogen-bond donors (Lipinski definition) is 1. The summed E-state index contributed by atoms with van der Waals surface area (Å²) in [5.74, 6) is 1.39. The first-order valence-electron chi connectivity index (χ1n) is 7.68.